The fourth-order valence-corrected chi connectivity index (χ4v) is 4.07. The van der Waals surface area contributed by atoms with E-state index in [4.69, 9.17) is 9.94 Å². The van der Waals surface area contributed by atoms with Gasteiger partial charge in [-0.25, -0.2) is 0 Å². The van der Waals surface area contributed by atoms with E-state index in [0.29, 0.717) is 0 Å². The number of carboxylic acid groups (broad SMARTS) is 1. The zero-order chi connectivity index (χ0) is 22.9. The third-order valence-corrected chi connectivity index (χ3v) is 5.89. The van der Waals surface area contributed by atoms with Crippen molar-refractivity contribution in [3.63, 3.8) is 0 Å². The van der Waals surface area contributed by atoms with Gasteiger partial charge in [-0.3, -0.25) is 9.69 Å². The minimum absolute atomic E-state index is 0.0453. The Balaban J connectivity index is 1.20. The van der Waals surface area contributed by atoms with E-state index < -0.39 is 5.97 Å². The Kier molecular flexibility index (Phi) is 7.87. The molecule has 2 aliphatic heterocycles. The maximum absolute atomic E-state index is 10.8. The van der Waals surface area contributed by atoms with Crippen LogP contribution in [0.25, 0.3) is 0 Å². The van der Waals surface area contributed by atoms with E-state index in [1.165, 1.54) is 11.1 Å². The number of piperidine rings is 1. The molecular weight excluding hydrogens is 416 g/mol. The number of hydrazone groups is 1. The average molecular weight is 447 g/mol. The van der Waals surface area contributed by atoms with Crippen molar-refractivity contribution >= 4 is 17.9 Å². The summed E-state index contributed by atoms with van der Waals surface area (Å²) in [5.41, 5.74) is 8.74. The number of aliphatic carboxylic acids is 1. The number of oxime groups is 1. The summed E-state index contributed by atoms with van der Waals surface area (Å²) in [5, 5.41) is 17.5. The van der Waals surface area contributed by atoms with Gasteiger partial charge in [-0.2, -0.15) is 5.10 Å². The molecule has 2 aromatic rings. The van der Waals surface area contributed by atoms with Crippen molar-refractivity contribution in [3.05, 3.63) is 82.9 Å². The first-order chi connectivity index (χ1) is 16.2. The number of benzene rings is 2. The van der Waals surface area contributed by atoms with Crippen LogP contribution >= 0.6 is 0 Å². The molecule has 0 aliphatic carbocycles. The summed E-state index contributed by atoms with van der Waals surface area (Å²) in [6.07, 6.45) is 7.40. The predicted molar refractivity (Wildman–Crippen MR) is 130 cm³/mol. The van der Waals surface area contributed by atoms with Crippen LogP contribution in [-0.4, -0.2) is 60.2 Å². The van der Waals surface area contributed by atoms with Gasteiger partial charge in [-0.15, -0.1) is 0 Å². The standard InChI is InChI=1S/C26H30N4O3/c31-26(32)19-30-14-11-21(12-15-30)16-24-17-25(29-33-24)23-8-6-22(7-9-23)18-28-27-13-10-20-4-2-1-3-5-20/h1-9,16,18,24,27H,10-15,17,19H2,(H,31,32). The molecule has 0 aromatic heterocycles. The highest BCUT2D eigenvalue weighted by atomic mass is 16.6. The normalized spacial score (nSPS) is 18.7. The van der Waals surface area contributed by atoms with Crippen molar-refractivity contribution in [2.24, 2.45) is 10.3 Å². The summed E-state index contributed by atoms with van der Waals surface area (Å²) in [7, 11) is 0. The van der Waals surface area contributed by atoms with Crippen LogP contribution in [0.5, 0.6) is 0 Å². The van der Waals surface area contributed by atoms with Gasteiger partial charge in [-0.1, -0.05) is 65.3 Å². The molecule has 172 valence electrons. The molecule has 1 atom stereocenters. The molecule has 7 nitrogen and oxygen atoms in total. The van der Waals surface area contributed by atoms with Gasteiger partial charge < -0.3 is 15.4 Å². The number of hydrogen-bond acceptors (Lipinski definition) is 6. The summed E-state index contributed by atoms with van der Waals surface area (Å²) < 4.78 is 0. The second kappa shape index (κ2) is 11.4. The second-order valence-corrected chi connectivity index (χ2v) is 8.40. The molecule has 2 N–H and O–H groups in total. The molecule has 2 aliphatic rings. The van der Waals surface area contributed by atoms with Gasteiger partial charge in [-0.05, 0) is 42.0 Å². The molecule has 1 unspecified atom stereocenters. The molecule has 0 radical (unpaired) electrons. The summed E-state index contributed by atoms with van der Waals surface area (Å²) >= 11 is 0. The van der Waals surface area contributed by atoms with Crippen molar-refractivity contribution < 1.29 is 14.7 Å². The van der Waals surface area contributed by atoms with Crippen LogP contribution in [-0.2, 0) is 16.1 Å². The maximum Gasteiger partial charge on any atom is 0.317 e. The quantitative estimate of drug-likeness (QED) is 0.267. The summed E-state index contributed by atoms with van der Waals surface area (Å²) in [5.74, 6) is -0.767. The van der Waals surface area contributed by atoms with E-state index in [1.54, 1.807) is 0 Å². The topological polar surface area (TPSA) is 86.5 Å². The number of carbonyl (C=O) groups is 1. The van der Waals surface area contributed by atoms with Gasteiger partial charge in [0, 0.05) is 26.1 Å². The van der Waals surface area contributed by atoms with Gasteiger partial charge >= 0.3 is 5.97 Å². The van der Waals surface area contributed by atoms with Crippen LogP contribution in [0.3, 0.4) is 0 Å². The Morgan fingerprint density at radius 1 is 1.15 bits per heavy atom. The summed E-state index contributed by atoms with van der Waals surface area (Å²) in [6, 6.07) is 18.5. The van der Waals surface area contributed by atoms with E-state index in [9.17, 15) is 4.79 Å². The lowest BCUT2D eigenvalue weighted by atomic mass is 9.98. The molecular formula is C26H30N4O3. The van der Waals surface area contributed by atoms with Gasteiger partial charge in [0.15, 0.2) is 6.10 Å². The largest absolute Gasteiger partial charge is 0.480 e. The molecule has 0 bridgehead atoms. The van der Waals surface area contributed by atoms with E-state index >= 15 is 0 Å². The highest BCUT2D eigenvalue weighted by Crippen LogP contribution is 2.23. The molecule has 4 rings (SSSR count). The Labute approximate surface area is 194 Å². The molecule has 0 spiro atoms. The first kappa shape index (κ1) is 22.7. The monoisotopic (exact) mass is 446 g/mol. The highest BCUT2D eigenvalue weighted by Gasteiger charge is 2.23. The van der Waals surface area contributed by atoms with E-state index in [0.717, 1.165) is 62.2 Å². The maximum atomic E-state index is 10.8. The van der Waals surface area contributed by atoms with Gasteiger partial charge in [0.2, 0.25) is 0 Å². The number of rotatable bonds is 9. The number of nitrogens with zero attached hydrogens (tertiary/aromatic N) is 3. The molecule has 1 saturated heterocycles. The van der Waals surface area contributed by atoms with Gasteiger partial charge in [0.05, 0.1) is 18.5 Å². The smallest absolute Gasteiger partial charge is 0.317 e. The van der Waals surface area contributed by atoms with E-state index in [1.807, 2.05) is 53.6 Å². The SMILES string of the molecule is O=C(O)CN1CCC(=CC2CC(c3ccc(C=NNCCc4ccccc4)cc3)=NO2)CC1. The minimum atomic E-state index is -0.767. The molecule has 0 saturated carbocycles. The van der Waals surface area contributed by atoms with Crippen LogP contribution in [0.4, 0.5) is 0 Å². The van der Waals surface area contributed by atoms with Crippen molar-refractivity contribution in [2.75, 3.05) is 26.2 Å². The zero-order valence-corrected chi connectivity index (χ0v) is 18.7. The van der Waals surface area contributed by atoms with Crippen LogP contribution in [0.1, 0.15) is 36.0 Å². The predicted octanol–water partition coefficient (Wildman–Crippen LogP) is 3.45. The lowest BCUT2D eigenvalue weighted by Crippen LogP contribution is -2.35. The zero-order valence-electron chi connectivity index (χ0n) is 18.7. The number of hydrogen-bond donors (Lipinski definition) is 2. The van der Waals surface area contributed by atoms with Crippen LogP contribution in [0, 0.1) is 0 Å². The van der Waals surface area contributed by atoms with Crippen molar-refractivity contribution in [1.82, 2.24) is 10.3 Å². The van der Waals surface area contributed by atoms with Crippen molar-refractivity contribution in [2.45, 2.75) is 31.8 Å². The molecule has 2 heterocycles. The van der Waals surface area contributed by atoms with Crippen LogP contribution < -0.4 is 5.43 Å². The molecule has 0 amide bonds. The number of likely N-dealkylation sites (tertiary alicyclic amines) is 1. The Bertz CT molecular complexity index is 1010. The molecule has 1 fully saturated rings. The van der Waals surface area contributed by atoms with E-state index in [-0.39, 0.29) is 12.6 Å². The Morgan fingerprint density at radius 3 is 2.64 bits per heavy atom. The first-order valence-electron chi connectivity index (χ1n) is 11.4. The van der Waals surface area contributed by atoms with Crippen LogP contribution in [0.15, 0.2) is 76.5 Å². The minimum Gasteiger partial charge on any atom is -0.480 e. The average Bonchev–Trinajstić information content (AvgIpc) is 3.29. The van der Waals surface area contributed by atoms with Gasteiger partial charge in [0.1, 0.15) is 0 Å². The number of carboxylic acids is 1. The fraction of sp³-hybridized carbons (Fsp3) is 0.346. The van der Waals surface area contributed by atoms with Crippen molar-refractivity contribution in [1.29, 1.82) is 0 Å². The Morgan fingerprint density at radius 2 is 1.91 bits per heavy atom. The van der Waals surface area contributed by atoms with E-state index in [2.05, 4.69) is 33.9 Å². The molecule has 33 heavy (non-hydrogen) atoms. The fourth-order valence-electron chi connectivity index (χ4n) is 4.07. The lowest BCUT2D eigenvalue weighted by molar-refractivity contribution is -0.138. The van der Waals surface area contributed by atoms with Gasteiger partial charge in [0.25, 0.3) is 0 Å². The second-order valence-electron chi connectivity index (χ2n) is 8.40. The third kappa shape index (κ3) is 7.02. The third-order valence-electron chi connectivity index (χ3n) is 5.89. The number of nitrogens with one attached hydrogen (secondary N) is 1. The lowest BCUT2D eigenvalue weighted by Gasteiger charge is -2.27. The highest BCUT2D eigenvalue weighted by molar-refractivity contribution is 6.01. The summed E-state index contributed by atoms with van der Waals surface area (Å²) in [4.78, 5) is 18.5. The van der Waals surface area contributed by atoms with Crippen LogP contribution in [0.2, 0.25) is 0 Å². The Hall–Kier alpha value is -3.45. The molecule has 7 heteroatoms. The first-order valence-corrected chi connectivity index (χ1v) is 11.4. The summed E-state index contributed by atoms with van der Waals surface area (Å²) in [6.45, 7) is 2.47. The molecule has 2 aromatic carbocycles. The van der Waals surface area contributed by atoms with Crippen molar-refractivity contribution in [3.8, 4) is 0 Å².